The topological polar surface area (TPSA) is 74.4 Å². The molecule has 42 heavy (non-hydrogen) atoms. The number of rotatable bonds is 20. The summed E-state index contributed by atoms with van der Waals surface area (Å²) < 4.78 is 6.01. The highest BCUT2D eigenvalue weighted by Crippen LogP contribution is 2.27. The molecular weight excluding hydrogens is 520 g/mol. The molecule has 0 bridgehead atoms. The Labute approximate surface area is 255 Å². The Morgan fingerprint density at radius 1 is 0.667 bits per heavy atom. The minimum Gasteiger partial charge on any atom is -0.507 e. The Kier molecular flexibility index (Phi) is 16.2. The summed E-state index contributed by atoms with van der Waals surface area (Å²) in [5.74, 6) is 1.23. The van der Waals surface area contributed by atoms with Crippen molar-refractivity contribution >= 4 is 12.4 Å². The van der Waals surface area contributed by atoms with Crippen molar-refractivity contribution < 1.29 is 14.9 Å². The standard InChI is InChI=1S/C37H56N2O3/c1-3-4-5-6-7-8-9-10-11-12-13-14-15-18-25-42-33-22-24-37(41)32(27-33)29-39-35-20-17-16-19-34(35)38-28-31-26-30(2)21-23-36(31)40/h21-24,26-29,34-35,40-41H,3-20,25H2,1-2H3/t34-,35-/m1/s1. The average Bonchev–Trinajstić information content (AvgIpc) is 3.00. The summed E-state index contributed by atoms with van der Waals surface area (Å²) >= 11 is 0. The largest absolute Gasteiger partial charge is 0.507 e. The first-order chi connectivity index (χ1) is 20.6. The van der Waals surface area contributed by atoms with E-state index in [4.69, 9.17) is 14.7 Å². The molecule has 0 heterocycles. The molecule has 232 valence electrons. The molecule has 3 rings (SSSR count). The van der Waals surface area contributed by atoms with Crippen LogP contribution in [-0.2, 0) is 0 Å². The summed E-state index contributed by atoms with van der Waals surface area (Å²) in [5.41, 5.74) is 2.51. The van der Waals surface area contributed by atoms with Crippen LogP contribution in [0.3, 0.4) is 0 Å². The third kappa shape index (κ3) is 13.0. The number of aromatic hydroxyl groups is 2. The van der Waals surface area contributed by atoms with E-state index in [2.05, 4.69) is 6.92 Å². The molecule has 0 saturated heterocycles. The molecule has 0 spiro atoms. The fourth-order valence-corrected chi connectivity index (χ4v) is 5.78. The van der Waals surface area contributed by atoms with Crippen LogP contribution in [0.15, 0.2) is 46.4 Å². The zero-order chi connectivity index (χ0) is 29.8. The second-order valence-electron chi connectivity index (χ2n) is 12.2. The van der Waals surface area contributed by atoms with Gasteiger partial charge in [0.25, 0.3) is 0 Å². The number of aryl methyl sites for hydroxylation is 1. The molecule has 0 amide bonds. The van der Waals surface area contributed by atoms with E-state index in [-0.39, 0.29) is 23.6 Å². The fraction of sp³-hybridized carbons (Fsp3) is 0.622. The maximum Gasteiger partial charge on any atom is 0.124 e. The molecule has 1 aliphatic rings. The highest BCUT2D eigenvalue weighted by Gasteiger charge is 2.23. The zero-order valence-corrected chi connectivity index (χ0v) is 26.4. The van der Waals surface area contributed by atoms with E-state index in [0.29, 0.717) is 12.2 Å². The average molecular weight is 577 g/mol. The van der Waals surface area contributed by atoms with Gasteiger partial charge in [-0.3, -0.25) is 9.98 Å². The lowest BCUT2D eigenvalue weighted by atomic mass is 9.91. The lowest BCUT2D eigenvalue weighted by Gasteiger charge is -2.25. The van der Waals surface area contributed by atoms with E-state index >= 15 is 0 Å². The minimum atomic E-state index is 0.0569. The number of aliphatic imine (C=N–C) groups is 2. The van der Waals surface area contributed by atoms with Crippen LogP contribution in [0.4, 0.5) is 0 Å². The number of ether oxygens (including phenoxy) is 1. The first kappa shape index (κ1) is 33.7. The number of nitrogens with zero attached hydrogens (tertiary/aromatic N) is 2. The van der Waals surface area contributed by atoms with Gasteiger partial charge in [-0.05, 0) is 56.5 Å². The first-order valence-electron chi connectivity index (χ1n) is 16.9. The van der Waals surface area contributed by atoms with Gasteiger partial charge in [0.2, 0.25) is 0 Å². The van der Waals surface area contributed by atoms with E-state index in [1.165, 1.54) is 83.5 Å². The predicted molar refractivity (Wildman–Crippen MR) is 178 cm³/mol. The lowest BCUT2D eigenvalue weighted by molar-refractivity contribution is 0.303. The summed E-state index contributed by atoms with van der Waals surface area (Å²) in [6.07, 6.45) is 26.6. The van der Waals surface area contributed by atoms with Gasteiger partial charge < -0.3 is 14.9 Å². The van der Waals surface area contributed by atoms with Crippen molar-refractivity contribution in [2.75, 3.05) is 6.61 Å². The molecule has 2 aromatic rings. The Morgan fingerprint density at radius 2 is 1.14 bits per heavy atom. The van der Waals surface area contributed by atoms with Crippen LogP contribution in [0.1, 0.15) is 139 Å². The van der Waals surface area contributed by atoms with Crippen molar-refractivity contribution in [2.24, 2.45) is 9.98 Å². The molecule has 1 fully saturated rings. The van der Waals surface area contributed by atoms with Crippen molar-refractivity contribution in [1.29, 1.82) is 0 Å². The van der Waals surface area contributed by atoms with Crippen molar-refractivity contribution in [3.05, 3.63) is 53.1 Å². The van der Waals surface area contributed by atoms with Crippen LogP contribution < -0.4 is 4.74 Å². The third-order valence-corrected chi connectivity index (χ3v) is 8.45. The van der Waals surface area contributed by atoms with E-state index < -0.39 is 0 Å². The molecule has 0 radical (unpaired) electrons. The van der Waals surface area contributed by atoms with Gasteiger partial charge in [-0.15, -0.1) is 0 Å². The monoisotopic (exact) mass is 576 g/mol. The number of hydrogen-bond donors (Lipinski definition) is 2. The van der Waals surface area contributed by atoms with Crippen molar-refractivity contribution in [3.63, 3.8) is 0 Å². The van der Waals surface area contributed by atoms with Crippen LogP contribution >= 0.6 is 0 Å². The number of benzene rings is 2. The van der Waals surface area contributed by atoms with Gasteiger partial charge in [0, 0.05) is 23.6 Å². The number of unbranched alkanes of at least 4 members (excludes halogenated alkanes) is 13. The SMILES string of the molecule is CCCCCCCCCCCCCCCCOc1ccc(O)c(C=N[C@@H]2CCCC[C@H]2N=Cc2cc(C)ccc2O)c1. The number of phenolic OH excluding ortho intramolecular Hbond substituents is 2. The van der Waals surface area contributed by atoms with E-state index in [1.807, 2.05) is 31.2 Å². The molecule has 2 N–H and O–H groups in total. The normalized spacial score (nSPS) is 17.4. The van der Waals surface area contributed by atoms with Gasteiger partial charge in [-0.1, -0.05) is 115 Å². The van der Waals surface area contributed by atoms with Gasteiger partial charge in [0.1, 0.15) is 17.2 Å². The molecule has 1 aliphatic carbocycles. The summed E-state index contributed by atoms with van der Waals surface area (Å²) in [7, 11) is 0. The quantitative estimate of drug-likeness (QED) is 0.122. The van der Waals surface area contributed by atoms with E-state index in [9.17, 15) is 10.2 Å². The van der Waals surface area contributed by atoms with Gasteiger partial charge in [-0.25, -0.2) is 0 Å². The van der Waals surface area contributed by atoms with Gasteiger partial charge in [0.15, 0.2) is 0 Å². The maximum absolute atomic E-state index is 10.4. The van der Waals surface area contributed by atoms with Gasteiger partial charge in [-0.2, -0.15) is 0 Å². The molecule has 5 heteroatoms. The second-order valence-corrected chi connectivity index (χ2v) is 12.2. The maximum atomic E-state index is 10.4. The summed E-state index contributed by atoms with van der Waals surface area (Å²) in [6, 6.07) is 11.1. The lowest BCUT2D eigenvalue weighted by Crippen LogP contribution is -2.27. The second kappa shape index (κ2) is 20.1. The van der Waals surface area contributed by atoms with Crippen LogP contribution in [-0.4, -0.2) is 41.3 Å². The highest BCUT2D eigenvalue weighted by atomic mass is 16.5. The molecule has 0 unspecified atom stereocenters. The van der Waals surface area contributed by atoms with Crippen LogP contribution in [0.25, 0.3) is 0 Å². The van der Waals surface area contributed by atoms with Crippen LogP contribution in [0, 0.1) is 6.92 Å². The Balaban J connectivity index is 1.34. The molecule has 0 aliphatic heterocycles. The summed E-state index contributed by atoms with van der Waals surface area (Å²) in [5, 5.41) is 20.6. The van der Waals surface area contributed by atoms with E-state index in [1.54, 1.807) is 24.6 Å². The fourth-order valence-electron chi connectivity index (χ4n) is 5.78. The smallest absolute Gasteiger partial charge is 0.124 e. The van der Waals surface area contributed by atoms with E-state index in [0.717, 1.165) is 49.0 Å². The highest BCUT2D eigenvalue weighted by molar-refractivity contribution is 5.85. The molecule has 2 atom stereocenters. The Morgan fingerprint density at radius 3 is 1.69 bits per heavy atom. The zero-order valence-electron chi connectivity index (χ0n) is 26.4. The van der Waals surface area contributed by atoms with Crippen molar-refractivity contribution in [1.82, 2.24) is 0 Å². The molecule has 5 nitrogen and oxygen atoms in total. The predicted octanol–water partition coefficient (Wildman–Crippen LogP) is 10.1. The van der Waals surface area contributed by atoms with Gasteiger partial charge in [0.05, 0.1) is 18.7 Å². The minimum absolute atomic E-state index is 0.0569. The molecule has 1 saturated carbocycles. The summed E-state index contributed by atoms with van der Waals surface area (Å²) in [4.78, 5) is 9.66. The third-order valence-electron chi connectivity index (χ3n) is 8.45. The molecule has 0 aromatic heterocycles. The first-order valence-corrected chi connectivity index (χ1v) is 16.9. The van der Waals surface area contributed by atoms with Crippen molar-refractivity contribution in [2.45, 2.75) is 142 Å². The Bertz CT molecular complexity index is 1080. The summed E-state index contributed by atoms with van der Waals surface area (Å²) in [6.45, 7) is 4.99. The van der Waals surface area contributed by atoms with Crippen LogP contribution in [0.5, 0.6) is 17.2 Å². The van der Waals surface area contributed by atoms with Gasteiger partial charge >= 0.3 is 0 Å². The van der Waals surface area contributed by atoms with Crippen LogP contribution in [0.2, 0.25) is 0 Å². The number of hydrogen-bond acceptors (Lipinski definition) is 5. The number of phenols is 2. The van der Waals surface area contributed by atoms with Crippen molar-refractivity contribution in [3.8, 4) is 17.2 Å². The molecular formula is C37H56N2O3. The Hall–Kier alpha value is -2.82. The molecule has 2 aromatic carbocycles.